The predicted molar refractivity (Wildman–Crippen MR) is 123 cm³/mol. The van der Waals surface area contributed by atoms with Gasteiger partial charge in [0, 0.05) is 49.1 Å². The Balaban J connectivity index is 1.42. The van der Waals surface area contributed by atoms with Gasteiger partial charge in [-0.15, -0.1) is 5.10 Å². The van der Waals surface area contributed by atoms with E-state index >= 15 is 0 Å². The third kappa shape index (κ3) is 8.13. The van der Waals surface area contributed by atoms with Crippen molar-refractivity contribution in [2.24, 2.45) is 11.5 Å². The molecule has 1 aliphatic carbocycles. The van der Waals surface area contributed by atoms with Crippen molar-refractivity contribution in [2.75, 3.05) is 0 Å². The van der Waals surface area contributed by atoms with E-state index in [-0.39, 0.29) is 31.0 Å². The van der Waals surface area contributed by atoms with E-state index in [1.54, 1.807) is 35.9 Å². The maximum absolute atomic E-state index is 13.0. The van der Waals surface area contributed by atoms with Crippen LogP contribution < -0.4 is 21.5 Å². The first-order valence-corrected chi connectivity index (χ1v) is 11.2. The Labute approximate surface area is 197 Å². The van der Waals surface area contributed by atoms with Crippen LogP contribution in [0.25, 0.3) is 0 Å². The number of aryl methyl sites for hydroxylation is 3. The minimum atomic E-state index is -2.66. The average molecular weight is 476 g/mol. The number of unbranched alkanes of at least 4 members (excludes halogenated alkanes) is 1. The van der Waals surface area contributed by atoms with E-state index < -0.39 is 12.0 Å². The zero-order chi connectivity index (χ0) is 24.7. The highest BCUT2D eigenvalue weighted by Gasteiger charge is 2.47. The van der Waals surface area contributed by atoms with E-state index in [9.17, 15) is 13.6 Å². The van der Waals surface area contributed by atoms with Gasteiger partial charge in [0.1, 0.15) is 17.7 Å². The van der Waals surface area contributed by atoms with Crippen LogP contribution in [-0.2, 0) is 17.8 Å². The molecule has 2 aromatic rings. The molecular weight excluding hydrogens is 444 g/mol. The number of nitrogens with one attached hydrogen (secondary N) is 1. The number of hydrogen-bond acceptors (Lipinski definition) is 7. The summed E-state index contributed by atoms with van der Waals surface area (Å²) in [6, 6.07) is 3.24. The van der Waals surface area contributed by atoms with Gasteiger partial charge in [0.25, 0.3) is 5.92 Å². The summed E-state index contributed by atoms with van der Waals surface area (Å²) in [7, 11) is 0. The number of pyridine rings is 1. The molecule has 1 fully saturated rings. The highest BCUT2D eigenvalue weighted by atomic mass is 19.3. The largest absolute Gasteiger partial charge is 0.490 e. The quantitative estimate of drug-likeness (QED) is 0.336. The molecule has 9 nitrogen and oxygen atoms in total. The summed E-state index contributed by atoms with van der Waals surface area (Å²) in [6.07, 6.45) is 6.41. The summed E-state index contributed by atoms with van der Waals surface area (Å²) in [6.45, 7) is 4.41. The fourth-order valence-corrected chi connectivity index (χ4v) is 3.54. The minimum Gasteiger partial charge on any atom is -0.490 e. The number of alkyl halides is 2. The molecule has 3 rings (SSSR count). The standard InChI is InChI=1S/C23H31F2N7O2/c1-15-9-19(34-20-12-23(24,25)13-20)10-18(28-15)11-22(33)29-21(27)7-6-17(26)5-3-4-8-32-14-16(2)30-31-32/h6-7,9-10,14,20H,3-5,8,11-13,26-27H2,1-2H3,(H,29,33)/b17-6-,21-7+. The van der Waals surface area contributed by atoms with Crippen LogP contribution in [0.1, 0.15) is 49.2 Å². The maximum atomic E-state index is 13.0. The number of carbonyl (C=O) groups excluding carboxylic acids is 1. The van der Waals surface area contributed by atoms with Gasteiger partial charge in [0.2, 0.25) is 5.91 Å². The third-order valence-corrected chi connectivity index (χ3v) is 5.19. The summed E-state index contributed by atoms with van der Waals surface area (Å²) < 4.78 is 33.4. The number of halogens is 2. The number of carbonyl (C=O) groups is 1. The first kappa shape index (κ1) is 25.1. The molecule has 0 bridgehead atoms. The first-order chi connectivity index (χ1) is 16.1. The zero-order valence-electron chi connectivity index (χ0n) is 19.4. The topological polar surface area (TPSA) is 134 Å². The molecule has 34 heavy (non-hydrogen) atoms. The third-order valence-electron chi connectivity index (χ3n) is 5.19. The second-order valence-electron chi connectivity index (χ2n) is 8.61. The van der Waals surface area contributed by atoms with E-state index in [0.717, 1.165) is 25.1 Å². The Morgan fingerprint density at radius 2 is 2.00 bits per heavy atom. The van der Waals surface area contributed by atoms with Crippen molar-refractivity contribution in [1.29, 1.82) is 0 Å². The Kier molecular flexibility index (Phi) is 8.19. The molecule has 0 spiro atoms. The first-order valence-electron chi connectivity index (χ1n) is 11.2. The number of nitrogens with two attached hydrogens (primary N) is 2. The molecule has 0 aliphatic heterocycles. The van der Waals surface area contributed by atoms with Gasteiger partial charge < -0.3 is 21.5 Å². The van der Waals surface area contributed by atoms with Crippen LogP contribution in [0, 0.1) is 13.8 Å². The number of amides is 1. The molecule has 0 saturated heterocycles. The molecule has 0 radical (unpaired) electrons. The number of allylic oxidation sites excluding steroid dienone is 3. The molecule has 1 amide bonds. The van der Waals surface area contributed by atoms with E-state index in [0.29, 0.717) is 29.3 Å². The highest BCUT2D eigenvalue weighted by Crippen LogP contribution is 2.39. The second kappa shape index (κ2) is 11.1. The molecule has 5 N–H and O–H groups in total. The fraction of sp³-hybridized carbons (Fsp3) is 0.478. The van der Waals surface area contributed by atoms with E-state index in [1.165, 1.54) is 0 Å². The van der Waals surface area contributed by atoms with Crippen LogP contribution >= 0.6 is 0 Å². The van der Waals surface area contributed by atoms with Gasteiger partial charge in [0.15, 0.2) is 0 Å². The van der Waals surface area contributed by atoms with Crippen LogP contribution in [0.5, 0.6) is 5.75 Å². The van der Waals surface area contributed by atoms with Gasteiger partial charge in [-0.1, -0.05) is 5.21 Å². The van der Waals surface area contributed by atoms with Crippen molar-refractivity contribution in [3.05, 3.63) is 59.1 Å². The van der Waals surface area contributed by atoms with E-state index in [2.05, 4.69) is 20.6 Å². The van der Waals surface area contributed by atoms with Crippen molar-refractivity contribution in [3.63, 3.8) is 0 Å². The second-order valence-corrected chi connectivity index (χ2v) is 8.61. The highest BCUT2D eigenvalue weighted by molar-refractivity contribution is 5.79. The zero-order valence-corrected chi connectivity index (χ0v) is 19.4. The number of rotatable bonds is 11. The SMILES string of the molecule is Cc1cn(CCCC/C(N)=C/C=C(\N)NC(=O)Cc2cc(OC3CC(F)(F)C3)cc(C)n2)nn1. The van der Waals surface area contributed by atoms with Crippen LogP contribution in [0.15, 0.2) is 42.0 Å². The van der Waals surface area contributed by atoms with Crippen molar-refractivity contribution in [1.82, 2.24) is 25.3 Å². The van der Waals surface area contributed by atoms with Gasteiger partial charge in [0.05, 0.1) is 17.8 Å². The number of aromatic nitrogens is 4. The van der Waals surface area contributed by atoms with Crippen LogP contribution in [-0.4, -0.2) is 37.9 Å². The summed E-state index contributed by atoms with van der Waals surface area (Å²) in [5, 5.41) is 10.5. The van der Waals surface area contributed by atoms with Crippen LogP contribution in [0.4, 0.5) is 8.78 Å². The lowest BCUT2D eigenvalue weighted by atomic mass is 9.91. The molecular formula is C23H31F2N7O2. The monoisotopic (exact) mass is 475 g/mol. The molecule has 1 aliphatic rings. The number of ether oxygens (including phenoxy) is 1. The molecule has 184 valence electrons. The Morgan fingerprint density at radius 1 is 1.24 bits per heavy atom. The molecule has 0 aromatic carbocycles. The number of hydrogen-bond donors (Lipinski definition) is 3. The van der Waals surface area contributed by atoms with Gasteiger partial charge in [-0.2, -0.15) is 0 Å². The van der Waals surface area contributed by atoms with Crippen molar-refractivity contribution in [2.45, 2.75) is 70.9 Å². The lowest BCUT2D eigenvalue weighted by Gasteiger charge is -2.34. The Morgan fingerprint density at radius 3 is 2.68 bits per heavy atom. The normalized spacial score (nSPS) is 16.2. The summed E-state index contributed by atoms with van der Waals surface area (Å²) >= 11 is 0. The molecule has 1 saturated carbocycles. The molecule has 11 heteroatoms. The van der Waals surface area contributed by atoms with Crippen LogP contribution in [0.2, 0.25) is 0 Å². The van der Waals surface area contributed by atoms with Gasteiger partial charge in [-0.25, -0.2) is 8.78 Å². The smallest absolute Gasteiger partial charge is 0.255 e. The Hall–Kier alpha value is -3.50. The number of nitrogens with zero attached hydrogens (tertiary/aromatic N) is 4. The van der Waals surface area contributed by atoms with Crippen LogP contribution in [0.3, 0.4) is 0 Å². The molecule has 2 aromatic heterocycles. The fourth-order valence-electron chi connectivity index (χ4n) is 3.54. The maximum Gasteiger partial charge on any atom is 0.255 e. The molecule has 0 atom stereocenters. The Bertz CT molecular complexity index is 1060. The van der Waals surface area contributed by atoms with Gasteiger partial charge in [-0.05, 0) is 45.3 Å². The predicted octanol–water partition coefficient (Wildman–Crippen LogP) is 2.64. The molecule has 2 heterocycles. The van der Waals surface area contributed by atoms with E-state index in [1.807, 2.05) is 13.1 Å². The van der Waals surface area contributed by atoms with Gasteiger partial charge in [-0.3, -0.25) is 14.5 Å². The van der Waals surface area contributed by atoms with Crippen molar-refractivity contribution in [3.8, 4) is 5.75 Å². The van der Waals surface area contributed by atoms with Gasteiger partial charge >= 0.3 is 0 Å². The summed E-state index contributed by atoms with van der Waals surface area (Å²) in [5.74, 6) is -2.43. The minimum absolute atomic E-state index is 0.0334. The molecule has 0 unspecified atom stereocenters. The lowest BCUT2D eigenvalue weighted by Crippen LogP contribution is -2.43. The average Bonchev–Trinajstić information content (AvgIpc) is 3.13. The summed E-state index contributed by atoms with van der Waals surface area (Å²) in [4.78, 5) is 16.6. The van der Waals surface area contributed by atoms with Crippen molar-refractivity contribution < 1.29 is 18.3 Å². The lowest BCUT2D eigenvalue weighted by molar-refractivity contribution is -0.134. The summed E-state index contributed by atoms with van der Waals surface area (Å²) in [5.41, 5.74) is 14.5. The van der Waals surface area contributed by atoms with E-state index in [4.69, 9.17) is 16.2 Å². The van der Waals surface area contributed by atoms with Crippen molar-refractivity contribution >= 4 is 5.91 Å².